The summed E-state index contributed by atoms with van der Waals surface area (Å²) in [5, 5.41) is 13.4. The molecule has 1 amide bonds. The zero-order valence-electron chi connectivity index (χ0n) is 13.9. The molecule has 1 N–H and O–H groups in total. The highest BCUT2D eigenvalue weighted by Gasteiger charge is 2.29. The van der Waals surface area contributed by atoms with E-state index < -0.39 is 26.9 Å². The van der Waals surface area contributed by atoms with Gasteiger partial charge in [0.25, 0.3) is 5.69 Å². The molecule has 0 spiro atoms. The summed E-state index contributed by atoms with van der Waals surface area (Å²) in [7, 11) is -3.75. The van der Waals surface area contributed by atoms with Gasteiger partial charge in [-0.1, -0.05) is 29.8 Å². The number of nitrogens with zero attached hydrogens (tertiary/aromatic N) is 2. The van der Waals surface area contributed by atoms with Crippen LogP contribution in [0.5, 0.6) is 0 Å². The second-order valence-electron chi connectivity index (χ2n) is 5.48. The molecule has 0 heterocycles. The largest absolute Gasteiger partial charge is 0.323 e. The van der Waals surface area contributed by atoms with Gasteiger partial charge in [-0.2, -0.15) is 0 Å². The zero-order chi connectivity index (χ0) is 19.5. The van der Waals surface area contributed by atoms with Gasteiger partial charge in [-0.05, 0) is 25.1 Å². The van der Waals surface area contributed by atoms with Crippen molar-refractivity contribution in [2.24, 2.45) is 0 Å². The number of amides is 1. The van der Waals surface area contributed by atoms with Crippen LogP contribution < -0.4 is 9.62 Å². The first-order valence-corrected chi connectivity index (χ1v) is 9.63. The van der Waals surface area contributed by atoms with Gasteiger partial charge in [0, 0.05) is 12.1 Å². The van der Waals surface area contributed by atoms with E-state index in [2.05, 4.69) is 5.32 Å². The molecule has 2 aromatic rings. The van der Waals surface area contributed by atoms with E-state index in [9.17, 15) is 23.3 Å². The van der Waals surface area contributed by atoms with Gasteiger partial charge in [0.2, 0.25) is 15.9 Å². The number of para-hydroxylation sites is 1. The Balaban J connectivity index is 2.33. The van der Waals surface area contributed by atoms with Crippen molar-refractivity contribution >= 4 is 44.6 Å². The summed E-state index contributed by atoms with van der Waals surface area (Å²) in [5.74, 6) is -0.679. The van der Waals surface area contributed by atoms with Gasteiger partial charge in [-0.25, -0.2) is 8.42 Å². The maximum Gasteiger partial charge on any atom is 0.271 e. The molecule has 0 fully saturated rings. The van der Waals surface area contributed by atoms with Gasteiger partial charge in [0.15, 0.2) is 0 Å². The molecule has 138 valence electrons. The lowest BCUT2D eigenvalue weighted by Crippen LogP contribution is -2.45. The normalized spacial score (nSPS) is 12.3. The van der Waals surface area contributed by atoms with E-state index in [1.165, 1.54) is 19.1 Å². The van der Waals surface area contributed by atoms with Crippen LogP contribution in [-0.2, 0) is 14.8 Å². The maximum atomic E-state index is 12.6. The third kappa shape index (κ3) is 4.50. The molecule has 0 aliphatic heterocycles. The third-order valence-corrected chi connectivity index (χ3v) is 5.09. The average molecular weight is 398 g/mol. The highest BCUT2D eigenvalue weighted by molar-refractivity contribution is 7.92. The van der Waals surface area contributed by atoms with Crippen LogP contribution in [-0.4, -0.2) is 31.5 Å². The van der Waals surface area contributed by atoms with Crippen molar-refractivity contribution in [2.75, 3.05) is 15.9 Å². The first kappa shape index (κ1) is 19.7. The number of non-ortho nitro benzene ring substituents is 1. The van der Waals surface area contributed by atoms with Crippen molar-refractivity contribution < 1.29 is 18.1 Å². The number of sulfonamides is 1. The van der Waals surface area contributed by atoms with E-state index in [4.69, 9.17) is 11.6 Å². The van der Waals surface area contributed by atoms with Crippen molar-refractivity contribution in [1.29, 1.82) is 0 Å². The molecule has 2 rings (SSSR count). The number of nitro groups is 1. The number of halogens is 1. The first-order chi connectivity index (χ1) is 12.1. The number of nitrogens with one attached hydrogen (secondary N) is 1. The summed E-state index contributed by atoms with van der Waals surface area (Å²) in [5.41, 5.74) is 0.0994. The summed E-state index contributed by atoms with van der Waals surface area (Å²) >= 11 is 5.97. The smallest absolute Gasteiger partial charge is 0.271 e. The monoisotopic (exact) mass is 397 g/mol. The standard InChI is InChI=1S/C16H16ClN3O5S/c1-11(19(26(2,24)25)12-6-4-3-5-7-12)16(21)18-15-10-13(20(22)23)8-9-14(15)17/h3-11H,1-2H3,(H,18,21)/t11-/m1/s1. The number of benzene rings is 2. The second kappa shape index (κ2) is 7.71. The number of carbonyl (C=O) groups is 1. The molecule has 0 radical (unpaired) electrons. The SMILES string of the molecule is C[C@H](C(=O)Nc1cc([N+](=O)[O-])ccc1Cl)N(c1ccccc1)S(C)(=O)=O. The third-order valence-electron chi connectivity index (χ3n) is 3.52. The molecule has 8 nitrogen and oxygen atoms in total. The Kier molecular flexibility index (Phi) is 5.83. The molecule has 0 aliphatic carbocycles. The summed E-state index contributed by atoms with van der Waals surface area (Å²) in [4.78, 5) is 22.8. The molecule has 0 aromatic heterocycles. The molecule has 26 heavy (non-hydrogen) atoms. The van der Waals surface area contributed by atoms with E-state index in [0.717, 1.165) is 16.6 Å². The van der Waals surface area contributed by atoms with E-state index in [-0.39, 0.29) is 16.4 Å². The fraction of sp³-hybridized carbons (Fsp3) is 0.188. The topological polar surface area (TPSA) is 110 Å². The number of nitro benzene ring substituents is 1. The number of carbonyl (C=O) groups excluding carboxylic acids is 1. The zero-order valence-corrected chi connectivity index (χ0v) is 15.5. The molecule has 1 atom stereocenters. The van der Waals surface area contributed by atoms with Gasteiger partial charge in [-0.3, -0.25) is 19.2 Å². The fourth-order valence-corrected chi connectivity index (χ4v) is 3.68. The summed E-state index contributed by atoms with van der Waals surface area (Å²) in [6.07, 6.45) is 0.990. The van der Waals surface area contributed by atoms with Crippen LogP contribution in [0.1, 0.15) is 6.92 Å². The van der Waals surface area contributed by atoms with Gasteiger partial charge < -0.3 is 5.32 Å². The van der Waals surface area contributed by atoms with E-state index >= 15 is 0 Å². The van der Waals surface area contributed by atoms with Crippen LogP contribution in [0.4, 0.5) is 17.1 Å². The predicted molar refractivity (Wildman–Crippen MR) is 100.0 cm³/mol. The molecule has 2 aromatic carbocycles. The highest BCUT2D eigenvalue weighted by Crippen LogP contribution is 2.28. The molecule has 10 heteroatoms. The van der Waals surface area contributed by atoms with Crippen molar-refractivity contribution in [1.82, 2.24) is 0 Å². The Hall–Kier alpha value is -2.65. The first-order valence-electron chi connectivity index (χ1n) is 7.40. The van der Waals surface area contributed by atoms with Gasteiger partial charge in [-0.15, -0.1) is 0 Å². The van der Waals surface area contributed by atoms with Crippen LogP contribution in [0.15, 0.2) is 48.5 Å². The van der Waals surface area contributed by atoms with Gasteiger partial charge in [0.1, 0.15) is 6.04 Å². The number of rotatable bonds is 6. The average Bonchev–Trinajstić information content (AvgIpc) is 2.56. The van der Waals surface area contributed by atoms with Gasteiger partial charge in [0.05, 0.1) is 27.6 Å². The quantitative estimate of drug-likeness (QED) is 0.595. The lowest BCUT2D eigenvalue weighted by atomic mass is 10.2. The Morgan fingerprint density at radius 3 is 2.38 bits per heavy atom. The minimum atomic E-state index is -3.75. The van der Waals surface area contributed by atoms with Crippen LogP contribution in [0.2, 0.25) is 5.02 Å². The summed E-state index contributed by atoms with van der Waals surface area (Å²) < 4.78 is 25.3. The number of anilines is 2. The van der Waals surface area contributed by atoms with E-state index in [0.29, 0.717) is 5.69 Å². The molecular weight excluding hydrogens is 382 g/mol. The van der Waals surface area contributed by atoms with E-state index in [1.54, 1.807) is 30.3 Å². The molecular formula is C16H16ClN3O5S. The molecule has 0 bridgehead atoms. The molecule has 0 unspecified atom stereocenters. The lowest BCUT2D eigenvalue weighted by molar-refractivity contribution is -0.384. The summed E-state index contributed by atoms with van der Waals surface area (Å²) in [6.45, 7) is 1.41. The van der Waals surface area contributed by atoms with Crippen LogP contribution >= 0.6 is 11.6 Å². The van der Waals surface area contributed by atoms with Crippen LogP contribution in [0, 0.1) is 10.1 Å². The minimum absolute atomic E-state index is 0.0271. The predicted octanol–water partition coefficient (Wildman–Crippen LogP) is 3.04. The Morgan fingerprint density at radius 1 is 1.23 bits per heavy atom. The van der Waals surface area contributed by atoms with Crippen LogP contribution in [0.3, 0.4) is 0 Å². The second-order valence-corrected chi connectivity index (χ2v) is 7.75. The summed E-state index contributed by atoms with van der Waals surface area (Å²) in [6, 6.07) is 10.6. The highest BCUT2D eigenvalue weighted by atomic mass is 35.5. The van der Waals surface area contributed by atoms with Crippen LogP contribution in [0.25, 0.3) is 0 Å². The van der Waals surface area contributed by atoms with Crippen molar-refractivity contribution in [3.63, 3.8) is 0 Å². The Morgan fingerprint density at radius 2 is 1.85 bits per heavy atom. The fourth-order valence-electron chi connectivity index (χ4n) is 2.34. The lowest BCUT2D eigenvalue weighted by Gasteiger charge is -2.28. The number of hydrogen-bond acceptors (Lipinski definition) is 5. The van der Waals surface area contributed by atoms with Crippen molar-refractivity contribution in [2.45, 2.75) is 13.0 Å². The van der Waals surface area contributed by atoms with E-state index in [1.807, 2.05) is 0 Å². The Labute approximate surface area is 155 Å². The van der Waals surface area contributed by atoms with Crippen molar-refractivity contribution in [3.8, 4) is 0 Å². The number of hydrogen-bond donors (Lipinski definition) is 1. The Bertz CT molecular complexity index is 934. The molecule has 0 saturated carbocycles. The minimum Gasteiger partial charge on any atom is -0.323 e. The van der Waals surface area contributed by atoms with Crippen molar-refractivity contribution in [3.05, 3.63) is 63.7 Å². The van der Waals surface area contributed by atoms with Gasteiger partial charge >= 0.3 is 0 Å². The molecule has 0 aliphatic rings. The molecule has 0 saturated heterocycles. The maximum absolute atomic E-state index is 12.6.